The number of hydrogen-bond donors (Lipinski definition) is 2. The molecule has 1 amide bonds. The van der Waals surface area contributed by atoms with Gasteiger partial charge in [-0.2, -0.15) is 5.10 Å². The summed E-state index contributed by atoms with van der Waals surface area (Å²) in [5.74, 6) is -0.548. The summed E-state index contributed by atoms with van der Waals surface area (Å²) in [4.78, 5) is 24.8. The van der Waals surface area contributed by atoms with Crippen LogP contribution in [0.25, 0.3) is 0 Å². The highest BCUT2D eigenvalue weighted by atomic mass is 16.6. The summed E-state index contributed by atoms with van der Waals surface area (Å²) in [5, 5.41) is 13.2. The molecule has 1 aromatic carbocycles. The average molecular weight is 316 g/mol. The van der Waals surface area contributed by atoms with E-state index >= 15 is 0 Å². The number of hydrazone groups is 1. The van der Waals surface area contributed by atoms with E-state index in [1.54, 1.807) is 12.1 Å². The van der Waals surface area contributed by atoms with Crippen LogP contribution in [0, 0.1) is 10.8 Å². The van der Waals surface area contributed by atoms with Crippen molar-refractivity contribution in [2.24, 2.45) is 15.9 Å². The van der Waals surface area contributed by atoms with Gasteiger partial charge >= 0.3 is 5.97 Å². The van der Waals surface area contributed by atoms with Gasteiger partial charge in [0.15, 0.2) is 5.60 Å². The number of amides is 1. The van der Waals surface area contributed by atoms with Crippen LogP contribution < -0.4 is 5.43 Å². The van der Waals surface area contributed by atoms with E-state index < -0.39 is 22.3 Å². The van der Waals surface area contributed by atoms with Crippen molar-refractivity contribution in [2.75, 3.05) is 0 Å². The zero-order chi connectivity index (χ0) is 16.9. The van der Waals surface area contributed by atoms with Crippen LogP contribution in [0.3, 0.4) is 0 Å². The van der Waals surface area contributed by atoms with Gasteiger partial charge in [0.2, 0.25) is 0 Å². The highest BCUT2D eigenvalue weighted by molar-refractivity contribution is 5.96. The Morgan fingerprint density at radius 3 is 2.43 bits per heavy atom. The van der Waals surface area contributed by atoms with E-state index in [0.29, 0.717) is 12.8 Å². The van der Waals surface area contributed by atoms with E-state index in [-0.39, 0.29) is 11.7 Å². The quantitative estimate of drug-likeness (QED) is 0.507. The first kappa shape index (κ1) is 15.5. The Morgan fingerprint density at radius 2 is 1.91 bits per heavy atom. The maximum atomic E-state index is 12.6. The number of ether oxygens (including phenoxy) is 1. The second-order valence-electron chi connectivity index (χ2n) is 6.96. The summed E-state index contributed by atoms with van der Waals surface area (Å²) in [7, 11) is 0. The number of hydrogen-bond acceptors (Lipinski definition) is 5. The monoisotopic (exact) mass is 316 g/mol. The standard InChI is InChI=1S/C17H20N2O4/c1-15(2)16(3)8-9-17(15,23-14(16)22)13(21)19-18-10-11-4-6-12(20)7-5-11/h4-7,10,20H,8-9H2,1-3H3,(H,19,21)/b18-10+. The Balaban J connectivity index is 1.76. The van der Waals surface area contributed by atoms with Crippen molar-refractivity contribution in [3.8, 4) is 5.75 Å². The van der Waals surface area contributed by atoms with Crippen LogP contribution in [0.1, 0.15) is 39.2 Å². The van der Waals surface area contributed by atoms with E-state index in [1.807, 2.05) is 20.8 Å². The number of phenols is 1. The molecule has 1 saturated heterocycles. The maximum absolute atomic E-state index is 12.6. The predicted octanol–water partition coefficient (Wildman–Crippen LogP) is 1.96. The van der Waals surface area contributed by atoms with Crippen molar-refractivity contribution in [2.45, 2.75) is 39.2 Å². The lowest BCUT2D eigenvalue weighted by Gasteiger charge is -2.34. The molecule has 122 valence electrons. The number of carbonyl (C=O) groups excluding carboxylic acids is 2. The molecule has 6 heteroatoms. The van der Waals surface area contributed by atoms with E-state index in [1.165, 1.54) is 18.3 Å². The molecule has 1 heterocycles. The van der Waals surface area contributed by atoms with Gasteiger partial charge in [-0.25, -0.2) is 5.43 Å². The highest BCUT2D eigenvalue weighted by Gasteiger charge is 2.75. The summed E-state index contributed by atoms with van der Waals surface area (Å²) in [6.45, 7) is 5.65. The van der Waals surface area contributed by atoms with Crippen LogP contribution in [0.15, 0.2) is 29.4 Å². The molecule has 1 saturated carbocycles. The third-order valence-electron chi connectivity index (χ3n) is 5.72. The van der Waals surface area contributed by atoms with Crippen LogP contribution in [-0.4, -0.2) is 28.8 Å². The lowest BCUT2D eigenvalue weighted by molar-refractivity contribution is -0.168. The molecule has 1 aliphatic carbocycles. The fourth-order valence-corrected chi connectivity index (χ4v) is 3.56. The molecule has 0 spiro atoms. The molecule has 1 aromatic rings. The Labute approximate surface area is 134 Å². The van der Waals surface area contributed by atoms with Gasteiger partial charge in [-0.1, -0.05) is 13.8 Å². The van der Waals surface area contributed by atoms with Crippen LogP contribution in [0.2, 0.25) is 0 Å². The molecule has 2 N–H and O–H groups in total. The van der Waals surface area contributed by atoms with Gasteiger partial charge in [0.1, 0.15) is 5.75 Å². The molecule has 2 fully saturated rings. The van der Waals surface area contributed by atoms with Crippen molar-refractivity contribution in [3.63, 3.8) is 0 Å². The van der Waals surface area contributed by atoms with Gasteiger partial charge in [0.25, 0.3) is 5.91 Å². The summed E-state index contributed by atoms with van der Waals surface area (Å²) < 4.78 is 5.49. The van der Waals surface area contributed by atoms with Gasteiger partial charge in [-0.3, -0.25) is 9.59 Å². The number of esters is 1. The normalized spacial score (nSPS) is 31.3. The van der Waals surface area contributed by atoms with Crippen molar-refractivity contribution < 1.29 is 19.4 Å². The second-order valence-corrected chi connectivity index (χ2v) is 6.96. The summed E-state index contributed by atoms with van der Waals surface area (Å²) in [6.07, 6.45) is 2.61. The lowest BCUT2D eigenvalue weighted by atomic mass is 9.66. The molecule has 3 rings (SSSR count). The number of benzene rings is 1. The number of phenolic OH excluding ortho intramolecular Hbond substituents is 1. The van der Waals surface area contributed by atoms with Gasteiger partial charge in [0, 0.05) is 5.41 Å². The predicted molar refractivity (Wildman–Crippen MR) is 83.8 cm³/mol. The summed E-state index contributed by atoms with van der Waals surface area (Å²) >= 11 is 0. The minimum absolute atomic E-state index is 0.162. The van der Waals surface area contributed by atoms with Crippen molar-refractivity contribution in [1.82, 2.24) is 5.43 Å². The molecule has 2 bridgehead atoms. The molecule has 0 radical (unpaired) electrons. The SMILES string of the molecule is CC12CCC(C(=O)N/N=C/c3ccc(O)cc3)(OC1=O)C2(C)C. The molecule has 2 unspecified atom stereocenters. The van der Waals surface area contributed by atoms with Crippen LogP contribution >= 0.6 is 0 Å². The van der Waals surface area contributed by atoms with Crippen molar-refractivity contribution in [1.29, 1.82) is 0 Å². The number of nitrogens with one attached hydrogen (secondary N) is 1. The number of rotatable bonds is 3. The minimum atomic E-state index is -1.16. The number of carbonyl (C=O) groups is 2. The molecule has 2 aliphatic rings. The van der Waals surface area contributed by atoms with Crippen LogP contribution in [-0.2, 0) is 14.3 Å². The van der Waals surface area contributed by atoms with E-state index in [4.69, 9.17) is 4.74 Å². The van der Waals surface area contributed by atoms with Crippen LogP contribution in [0.5, 0.6) is 5.75 Å². The van der Waals surface area contributed by atoms with Gasteiger partial charge in [-0.15, -0.1) is 0 Å². The molecule has 6 nitrogen and oxygen atoms in total. The fraction of sp³-hybridized carbons (Fsp3) is 0.471. The average Bonchev–Trinajstić information content (AvgIpc) is 2.79. The van der Waals surface area contributed by atoms with Crippen LogP contribution in [0.4, 0.5) is 0 Å². The first-order valence-electron chi connectivity index (χ1n) is 7.59. The Kier molecular flexibility index (Phi) is 3.25. The molecule has 0 aromatic heterocycles. The maximum Gasteiger partial charge on any atom is 0.313 e. The minimum Gasteiger partial charge on any atom is -0.508 e. The molecule has 1 aliphatic heterocycles. The summed E-state index contributed by atoms with van der Waals surface area (Å²) in [5.41, 5.74) is 0.842. The zero-order valence-electron chi connectivity index (χ0n) is 13.4. The van der Waals surface area contributed by atoms with Gasteiger partial charge in [-0.05, 0) is 49.6 Å². The first-order chi connectivity index (χ1) is 10.7. The molecule has 2 atom stereocenters. The van der Waals surface area contributed by atoms with E-state index in [2.05, 4.69) is 10.5 Å². The smallest absolute Gasteiger partial charge is 0.313 e. The number of aromatic hydroxyl groups is 1. The number of fused-ring (bicyclic) bond motifs is 2. The Bertz CT molecular complexity index is 695. The topological polar surface area (TPSA) is 88.0 Å². The highest BCUT2D eigenvalue weighted by Crippen LogP contribution is 2.65. The van der Waals surface area contributed by atoms with E-state index in [0.717, 1.165) is 5.56 Å². The summed E-state index contributed by atoms with van der Waals surface area (Å²) in [6, 6.07) is 6.42. The molecular weight excluding hydrogens is 296 g/mol. The lowest BCUT2D eigenvalue weighted by Crippen LogP contribution is -2.52. The second kappa shape index (κ2) is 4.81. The Hall–Kier alpha value is -2.37. The largest absolute Gasteiger partial charge is 0.508 e. The fourth-order valence-electron chi connectivity index (χ4n) is 3.56. The van der Waals surface area contributed by atoms with E-state index in [9.17, 15) is 14.7 Å². The molecular formula is C17H20N2O4. The van der Waals surface area contributed by atoms with Crippen molar-refractivity contribution >= 4 is 18.1 Å². The first-order valence-corrected chi connectivity index (χ1v) is 7.59. The van der Waals surface area contributed by atoms with Gasteiger partial charge < -0.3 is 9.84 Å². The molecule has 23 heavy (non-hydrogen) atoms. The van der Waals surface area contributed by atoms with Gasteiger partial charge in [0.05, 0.1) is 11.6 Å². The number of nitrogens with zero attached hydrogens (tertiary/aromatic N) is 1. The third kappa shape index (κ3) is 1.97. The third-order valence-corrected chi connectivity index (χ3v) is 5.72. The van der Waals surface area contributed by atoms with Crippen molar-refractivity contribution in [3.05, 3.63) is 29.8 Å². The zero-order valence-corrected chi connectivity index (χ0v) is 13.4. The Morgan fingerprint density at radius 1 is 1.26 bits per heavy atom.